The largest absolute Gasteiger partial charge is 0.353 e. The van der Waals surface area contributed by atoms with Crippen LogP contribution in [0.3, 0.4) is 0 Å². The summed E-state index contributed by atoms with van der Waals surface area (Å²) in [6.07, 6.45) is 1.25. The molecule has 0 atom stereocenters. The Bertz CT molecular complexity index is 884. The number of aromatic nitrogens is 2. The SMILES string of the molecule is CC(C)NC(=O)CN1CCN(C(=O)Cn2ncc(=O)c3ccccc32)CC1. The van der Waals surface area contributed by atoms with Gasteiger partial charge in [-0.3, -0.25) is 24.0 Å². The highest BCUT2D eigenvalue weighted by molar-refractivity contribution is 5.81. The van der Waals surface area contributed by atoms with E-state index in [1.807, 2.05) is 19.9 Å². The number of carbonyl (C=O) groups is 2. The number of rotatable bonds is 5. The van der Waals surface area contributed by atoms with E-state index in [0.717, 1.165) is 0 Å². The number of amides is 2. The summed E-state index contributed by atoms with van der Waals surface area (Å²) in [5.74, 6) is -0.0312. The smallest absolute Gasteiger partial charge is 0.244 e. The highest BCUT2D eigenvalue weighted by Crippen LogP contribution is 2.09. The van der Waals surface area contributed by atoms with Crippen molar-refractivity contribution >= 4 is 22.7 Å². The summed E-state index contributed by atoms with van der Waals surface area (Å²) in [5.41, 5.74) is 0.505. The Morgan fingerprint density at radius 1 is 1.11 bits per heavy atom. The molecule has 3 rings (SSSR count). The standard InChI is InChI=1S/C19H25N5O3/c1-14(2)21-18(26)12-22-7-9-23(10-8-22)19(27)13-24-16-6-4-3-5-15(16)17(25)11-20-24/h3-6,11,14H,7-10,12-13H2,1-2H3,(H,21,26). The predicted molar refractivity (Wildman–Crippen MR) is 102 cm³/mol. The second-order valence-corrected chi connectivity index (χ2v) is 7.06. The Labute approximate surface area is 157 Å². The summed E-state index contributed by atoms with van der Waals surface area (Å²) < 4.78 is 1.57. The van der Waals surface area contributed by atoms with Gasteiger partial charge in [0.2, 0.25) is 17.2 Å². The monoisotopic (exact) mass is 371 g/mol. The van der Waals surface area contributed by atoms with Gasteiger partial charge < -0.3 is 10.2 Å². The fourth-order valence-electron chi connectivity index (χ4n) is 3.24. The molecule has 1 aliphatic heterocycles. The molecule has 1 aliphatic rings. The minimum atomic E-state index is -0.150. The molecule has 0 bridgehead atoms. The van der Waals surface area contributed by atoms with E-state index in [-0.39, 0.29) is 29.8 Å². The fourth-order valence-corrected chi connectivity index (χ4v) is 3.24. The van der Waals surface area contributed by atoms with E-state index in [1.165, 1.54) is 6.20 Å². The molecular formula is C19H25N5O3. The van der Waals surface area contributed by atoms with Crippen molar-refractivity contribution in [2.24, 2.45) is 0 Å². The second kappa shape index (κ2) is 8.30. The summed E-state index contributed by atoms with van der Waals surface area (Å²) in [5, 5.41) is 7.55. The maximum Gasteiger partial charge on any atom is 0.244 e. The third kappa shape index (κ3) is 4.71. The summed E-state index contributed by atoms with van der Waals surface area (Å²) in [4.78, 5) is 40.3. The van der Waals surface area contributed by atoms with Crippen molar-refractivity contribution < 1.29 is 9.59 Å². The van der Waals surface area contributed by atoms with E-state index in [9.17, 15) is 14.4 Å². The van der Waals surface area contributed by atoms with Crippen molar-refractivity contribution in [2.45, 2.75) is 26.4 Å². The predicted octanol–water partition coefficient (Wildman–Crippen LogP) is 0.0653. The molecule has 1 aromatic heterocycles. The molecule has 0 saturated carbocycles. The zero-order valence-corrected chi connectivity index (χ0v) is 15.7. The van der Waals surface area contributed by atoms with Gasteiger partial charge in [0.25, 0.3) is 0 Å². The van der Waals surface area contributed by atoms with Gasteiger partial charge in [0.1, 0.15) is 6.54 Å². The normalized spacial score (nSPS) is 15.3. The molecule has 0 aliphatic carbocycles. The van der Waals surface area contributed by atoms with Crippen LogP contribution in [0, 0.1) is 0 Å². The lowest BCUT2D eigenvalue weighted by molar-refractivity contribution is -0.134. The molecule has 2 aromatic rings. The van der Waals surface area contributed by atoms with Gasteiger partial charge in [0, 0.05) is 37.6 Å². The van der Waals surface area contributed by atoms with Crippen LogP contribution in [0.25, 0.3) is 10.9 Å². The van der Waals surface area contributed by atoms with Crippen molar-refractivity contribution in [3.63, 3.8) is 0 Å². The maximum atomic E-state index is 12.7. The maximum absolute atomic E-state index is 12.7. The van der Waals surface area contributed by atoms with Crippen molar-refractivity contribution in [3.05, 3.63) is 40.7 Å². The Balaban J connectivity index is 1.58. The average molecular weight is 371 g/mol. The molecule has 2 amide bonds. The van der Waals surface area contributed by atoms with Gasteiger partial charge in [-0.15, -0.1) is 0 Å². The molecule has 0 spiro atoms. The van der Waals surface area contributed by atoms with Crippen LogP contribution in [0.15, 0.2) is 35.3 Å². The highest BCUT2D eigenvalue weighted by atomic mass is 16.2. The van der Waals surface area contributed by atoms with Gasteiger partial charge >= 0.3 is 0 Å². The number of hydrogen-bond donors (Lipinski definition) is 1. The topological polar surface area (TPSA) is 87.5 Å². The molecule has 1 N–H and O–H groups in total. The molecule has 0 radical (unpaired) electrons. The van der Waals surface area contributed by atoms with Crippen molar-refractivity contribution in [1.29, 1.82) is 0 Å². The third-order valence-electron chi connectivity index (χ3n) is 4.59. The zero-order valence-electron chi connectivity index (χ0n) is 15.7. The van der Waals surface area contributed by atoms with E-state index in [1.54, 1.807) is 27.8 Å². The van der Waals surface area contributed by atoms with Gasteiger partial charge in [-0.1, -0.05) is 12.1 Å². The van der Waals surface area contributed by atoms with Crippen LogP contribution < -0.4 is 10.7 Å². The Hall–Kier alpha value is -2.74. The van der Waals surface area contributed by atoms with Crippen LogP contribution in [0.2, 0.25) is 0 Å². The van der Waals surface area contributed by atoms with Crippen LogP contribution in [0.5, 0.6) is 0 Å². The quantitative estimate of drug-likeness (QED) is 0.803. The molecule has 144 valence electrons. The summed E-state index contributed by atoms with van der Waals surface area (Å²) in [6, 6.07) is 7.28. The summed E-state index contributed by atoms with van der Waals surface area (Å²) >= 11 is 0. The zero-order chi connectivity index (χ0) is 19.4. The first kappa shape index (κ1) is 19.0. The van der Waals surface area contributed by atoms with Crippen molar-refractivity contribution in [1.82, 2.24) is 24.9 Å². The minimum Gasteiger partial charge on any atom is -0.353 e. The number of piperazine rings is 1. The van der Waals surface area contributed by atoms with Gasteiger partial charge in [-0.25, -0.2) is 0 Å². The summed E-state index contributed by atoms with van der Waals surface area (Å²) in [6.45, 7) is 6.79. The first-order valence-electron chi connectivity index (χ1n) is 9.18. The number of hydrogen-bond acceptors (Lipinski definition) is 5. The lowest BCUT2D eigenvalue weighted by Crippen LogP contribution is -2.52. The molecule has 0 unspecified atom stereocenters. The van der Waals surface area contributed by atoms with E-state index in [4.69, 9.17) is 0 Å². The van der Waals surface area contributed by atoms with E-state index in [2.05, 4.69) is 15.3 Å². The van der Waals surface area contributed by atoms with Crippen LogP contribution in [-0.2, 0) is 16.1 Å². The average Bonchev–Trinajstić information content (AvgIpc) is 2.64. The van der Waals surface area contributed by atoms with Crippen molar-refractivity contribution in [2.75, 3.05) is 32.7 Å². The van der Waals surface area contributed by atoms with Gasteiger partial charge in [-0.2, -0.15) is 5.10 Å². The molecule has 8 heteroatoms. The molecule has 2 heterocycles. The number of fused-ring (bicyclic) bond motifs is 1. The fraction of sp³-hybridized carbons (Fsp3) is 0.474. The van der Waals surface area contributed by atoms with Gasteiger partial charge in [-0.05, 0) is 26.0 Å². The Morgan fingerprint density at radius 2 is 1.81 bits per heavy atom. The number of para-hydroxylation sites is 1. The lowest BCUT2D eigenvalue weighted by atomic mass is 10.2. The Kier molecular flexibility index (Phi) is 5.85. The van der Waals surface area contributed by atoms with Crippen LogP contribution in [-0.4, -0.2) is 70.2 Å². The first-order chi connectivity index (χ1) is 12.9. The molecule has 1 aromatic carbocycles. The van der Waals surface area contributed by atoms with Crippen LogP contribution in [0.1, 0.15) is 13.8 Å². The van der Waals surface area contributed by atoms with E-state index in [0.29, 0.717) is 43.6 Å². The second-order valence-electron chi connectivity index (χ2n) is 7.06. The van der Waals surface area contributed by atoms with Gasteiger partial charge in [0.15, 0.2) is 0 Å². The van der Waals surface area contributed by atoms with Crippen molar-refractivity contribution in [3.8, 4) is 0 Å². The lowest BCUT2D eigenvalue weighted by Gasteiger charge is -2.34. The molecule has 1 fully saturated rings. The molecule has 27 heavy (non-hydrogen) atoms. The number of benzene rings is 1. The number of carbonyl (C=O) groups excluding carboxylic acids is 2. The Morgan fingerprint density at radius 3 is 2.52 bits per heavy atom. The van der Waals surface area contributed by atoms with Crippen LogP contribution in [0.4, 0.5) is 0 Å². The van der Waals surface area contributed by atoms with E-state index < -0.39 is 0 Å². The first-order valence-corrected chi connectivity index (χ1v) is 9.18. The highest BCUT2D eigenvalue weighted by Gasteiger charge is 2.23. The molecule has 1 saturated heterocycles. The molecular weight excluding hydrogens is 346 g/mol. The number of nitrogens with one attached hydrogen (secondary N) is 1. The number of nitrogens with zero attached hydrogens (tertiary/aromatic N) is 4. The van der Waals surface area contributed by atoms with Gasteiger partial charge in [0.05, 0.1) is 18.3 Å². The molecule has 8 nitrogen and oxygen atoms in total. The third-order valence-corrected chi connectivity index (χ3v) is 4.59. The minimum absolute atomic E-state index is 0.00806. The van der Waals surface area contributed by atoms with Crippen LogP contribution >= 0.6 is 0 Å². The summed E-state index contributed by atoms with van der Waals surface area (Å²) in [7, 11) is 0. The van der Waals surface area contributed by atoms with E-state index >= 15 is 0 Å².